The first-order valence-electron chi connectivity index (χ1n) is 9.62. The molecule has 3 N–H and O–H groups in total. The largest absolute Gasteiger partial charge is 0.369 e. The Morgan fingerprint density at radius 1 is 1.07 bits per heavy atom. The van der Waals surface area contributed by atoms with Crippen LogP contribution in [0, 0.1) is 0 Å². The van der Waals surface area contributed by atoms with Crippen LogP contribution in [-0.4, -0.2) is 34.9 Å². The third-order valence-corrected chi connectivity index (χ3v) is 5.49. The molecular weight excluding hydrogens is 394 g/mol. The lowest BCUT2D eigenvalue weighted by molar-refractivity contribution is -0.117. The summed E-state index contributed by atoms with van der Waals surface area (Å²) < 4.78 is 0. The summed E-state index contributed by atoms with van der Waals surface area (Å²) in [5, 5.41) is 6.60. The molecular formula is C23H23N5OS. The normalized spacial score (nSPS) is 11.2. The van der Waals surface area contributed by atoms with Crippen molar-refractivity contribution in [1.29, 1.82) is 0 Å². The van der Waals surface area contributed by atoms with Crippen molar-refractivity contribution in [3.05, 3.63) is 71.4 Å². The van der Waals surface area contributed by atoms with Crippen molar-refractivity contribution in [2.75, 3.05) is 19.4 Å². The van der Waals surface area contributed by atoms with Crippen molar-refractivity contribution >= 4 is 39.0 Å². The molecule has 0 aliphatic rings. The van der Waals surface area contributed by atoms with Crippen LogP contribution in [0.5, 0.6) is 0 Å². The van der Waals surface area contributed by atoms with Crippen molar-refractivity contribution in [3.63, 3.8) is 0 Å². The van der Waals surface area contributed by atoms with Gasteiger partial charge in [-0.15, -0.1) is 11.3 Å². The molecule has 0 saturated heterocycles. The van der Waals surface area contributed by atoms with Gasteiger partial charge in [-0.3, -0.25) is 4.79 Å². The summed E-state index contributed by atoms with van der Waals surface area (Å²) in [6, 6.07) is 17.9. The highest BCUT2D eigenvalue weighted by Gasteiger charge is 2.16. The smallest absolute Gasteiger partial charge is 0.221 e. The quantitative estimate of drug-likeness (QED) is 0.471. The van der Waals surface area contributed by atoms with Crippen LogP contribution < -0.4 is 11.1 Å². The Balaban J connectivity index is 1.77. The minimum atomic E-state index is -0.340. The minimum absolute atomic E-state index is 0.230. The molecule has 0 aliphatic carbocycles. The molecule has 4 rings (SSSR count). The molecule has 152 valence electrons. The highest BCUT2D eigenvalue weighted by Crippen LogP contribution is 2.38. The van der Waals surface area contributed by atoms with Crippen molar-refractivity contribution in [1.82, 2.24) is 14.9 Å². The molecule has 0 spiro atoms. The summed E-state index contributed by atoms with van der Waals surface area (Å²) >= 11 is 1.62. The number of primary amides is 1. The lowest BCUT2D eigenvalue weighted by Crippen LogP contribution is -2.14. The second kappa shape index (κ2) is 8.61. The number of nitrogens with zero attached hydrogens (tertiary/aromatic N) is 3. The third-order valence-electron chi connectivity index (χ3n) is 4.62. The fourth-order valence-electron chi connectivity index (χ4n) is 3.30. The average molecular weight is 418 g/mol. The van der Waals surface area contributed by atoms with E-state index >= 15 is 0 Å². The molecule has 30 heavy (non-hydrogen) atoms. The second-order valence-corrected chi connectivity index (χ2v) is 8.24. The van der Waals surface area contributed by atoms with Crippen LogP contribution in [0.15, 0.2) is 60.0 Å². The third kappa shape index (κ3) is 4.48. The van der Waals surface area contributed by atoms with E-state index in [0.717, 1.165) is 44.2 Å². The first-order valence-corrected chi connectivity index (χ1v) is 10.5. The fraction of sp³-hybridized carbons (Fsp3) is 0.174. The number of amides is 1. The molecule has 2 aromatic carbocycles. The van der Waals surface area contributed by atoms with Crippen molar-refractivity contribution in [3.8, 4) is 11.1 Å². The molecule has 0 bridgehead atoms. The molecule has 0 saturated carbocycles. The molecule has 1 amide bonds. The van der Waals surface area contributed by atoms with Gasteiger partial charge in [-0.1, -0.05) is 42.5 Å². The van der Waals surface area contributed by atoms with E-state index < -0.39 is 0 Å². The number of nitrogens with one attached hydrogen (secondary N) is 1. The number of benzene rings is 2. The van der Waals surface area contributed by atoms with Crippen LogP contribution in [0.3, 0.4) is 0 Å². The monoisotopic (exact) mass is 417 g/mol. The topological polar surface area (TPSA) is 84.1 Å². The van der Waals surface area contributed by atoms with E-state index in [2.05, 4.69) is 27.7 Å². The zero-order valence-corrected chi connectivity index (χ0v) is 17.7. The first-order chi connectivity index (χ1) is 14.5. The molecule has 6 nitrogen and oxygen atoms in total. The zero-order valence-electron chi connectivity index (χ0n) is 16.9. The van der Waals surface area contributed by atoms with E-state index in [1.165, 1.54) is 0 Å². The number of hydrogen-bond donors (Lipinski definition) is 2. The maximum atomic E-state index is 11.1. The number of rotatable bonds is 7. The Bertz CT molecular complexity index is 1170. The van der Waals surface area contributed by atoms with Gasteiger partial charge < -0.3 is 16.0 Å². The van der Waals surface area contributed by atoms with Gasteiger partial charge in [-0.2, -0.15) is 0 Å². The van der Waals surface area contributed by atoms with E-state index in [1.807, 2.05) is 56.6 Å². The van der Waals surface area contributed by atoms with E-state index in [-0.39, 0.29) is 12.3 Å². The van der Waals surface area contributed by atoms with Crippen molar-refractivity contribution < 1.29 is 4.79 Å². The number of nitrogens with two attached hydrogens (primary N) is 1. The predicted molar refractivity (Wildman–Crippen MR) is 123 cm³/mol. The molecule has 0 fully saturated rings. The fourth-order valence-corrected chi connectivity index (χ4v) is 4.27. The predicted octanol–water partition coefficient (Wildman–Crippen LogP) is 4.19. The number of thiophene rings is 1. The number of fused-ring (bicyclic) bond motifs is 1. The van der Waals surface area contributed by atoms with Crippen LogP contribution in [-0.2, 0) is 17.8 Å². The molecule has 2 heterocycles. The second-order valence-electron chi connectivity index (χ2n) is 7.39. The first kappa shape index (κ1) is 20.0. The Hall–Kier alpha value is -3.29. The standard InChI is InChI=1S/C23H23N5OS/c1-28(2)13-20-26-22(25-17-10-8-15(9-11-17)12-19(24)29)21-18(14-30-23(21)27-20)16-6-4-3-5-7-16/h3-11,14H,12-13H2,1-2H3,(H2,24,29)(H,25,26,27). The molecule has 0 atom stereocenters. The van der Waals surface area contributed by atoms with Gasteiger partial charge in [0.15, 0.2) is 0 Å². The zero-order chi connectivity index (χ0) is 21.1. The van der Waals surface area contributed by atoms with Gasteiger partial charge in [-0.05, 0) is 37.4 Å². The average Bonchev–Trinajstić information content (AvgIpc) is 3.13. The summed E-state index contributed by atoms with van der Waals surface area (Å²) in [5.41, 5.74) is 9.31. The molecule has 7 heteroatoms. The van der Waals surface area contributed by atoms with Crippen molar-refractivity contribution in [2.45, 2.75) is 13.0 Å². The number of carbonyl (C=O) groups excluding carboxylic acids is 1. The molecule has 4 aromatic rings. The lowest BCUT2D eigenvalue weighted by Gasteiger charge is -2.13. The number of anilines is 2. The van der Waals surface area contributed by atoms with Crippen molar-refractivity contribution in [2.24, 2.45) is 5.73 Å². The van der Waals surface area contributed by atoms with Crippen LogP contribution in [0.4, 0.5) is 11.5 Å². The molecule has 0 unspecified atom stereocenters. The minimum Gasteiger partial charge on any atom is -0.369 e. The van der Waals surface area contributed by atoms with Gasteiger partial charge in [-0.25, -0.2) is 9.97 Å². The number of hydrogen-bond acceptors (Lipinski definition) is 6. The van der Waals surface area contributed by atoms with Gasteiger partial charge >= 0.3 is 0 Å². The summed E-state index contributed by atoms with van der Waals surface area (Å²) in [7, 11) is 4.00. The summed E-state index contributed by atoms with van der Waals surface area (Å²) in [5.74, 6) is 1.20. The summed E-state index contributed by atoms with van der Waals surface area (Å²) in [4.78, 5) is 23.8. The van der Waals surface area contributed by atoms with Gasteiger partial charge in [0.2, 0.25) is 5.91 Å². The maximum absolute atomic E-state index is 11.1. The Morgan fingerprint density at radius 2 is 1.80 bits per heavy atom. The number of aromatic nitrogens is 2. The highest BCUT2D eigenvalue weighted by atomic mass is 32.1. The SMILES string of the molecule is CN(C)Cc1nc(Nc2ccc(CC(N)=O)cc2)c2c(-c3ccccc3)csc2n1. The molecule has 0 aliphatic heterocycles. The van der Waals surface area contributed by atoms with Gasteiger partial charge in [0, 0.05) is 16.6 Å². The van der Waals surface area contributed by atoms with Crippen LogP contribution in [0.25, 0.3) is 21.3 Å². The Kier molecular flexibility index (Phi) is 5.74. The van der Waals surface area contributed by atoms with E-state index in [9.17, 15) is 4.79 Å². The van der Waals surface area contributed by atoms with E-state index in [0.29, 0.717) is 6.54 Å². The van der Waals surface area contributed by atoms with Crippen LogP contribution >= 0.6 is 11.3 Å². The Morgan fingerprint density at radius 3 is 2.47 bits per heavy atom. The summed E-state index contributed by atoms with van der Waals surface area (Å²) in [6.45, 7) is 0.654. The molecule has 2 aromatic heterocycles. The van der Waals surface area contributed by atoms with Crippen LogP contribution in [0.2, 0.25) is 0 Å². The highest BCUT2D eigenvalue weighted by molar-refractivity contribution is 7.17. The maximum Gasteiger partial charge on any atom is 0.221 e. The number of carbonyl (C=O) groups is 1. The molecule has 0 radical (unpaired) electrons. The van der Waals surface area contributed by atoms with Gasteiger partial charge in [0.25, 0.3) is 0 Å². The van der Waals surface area contributed by atoms with Gasteiger partial charge in [0.05, 0.1) is 18.4 Å². The van der Waals surface area contributed by atoms with E-state index in [1.54, 1.807) is 11.3 Å². The Labute approximate surface area is 179 Å². The van der Waals surface area contributed by atoms with Gasteiger partial charge in [0.1, 0.15) is 16.5 Å². The van der Waals surface area contributed by atoms with Crippen LogP contribution in [0.1, 0.15) is 11.4 Å². The van der Waals surface area contributed by atoms with E-state index in [4.69, 9.17) is 15.7 Å². The lowest BCUT2D eigenvalue weighted by atomic mass is 10.1. The summed E-state index contributed by atoms with van der Waals surface area (Å²) in [6.07, 6.45) is 0.230.